The third kappa shape index (κ3) is 5.01. The van der Waals surface area contributed by atoms with Crippen LogP contribution in [0.15, 0.2) is 35.5 Å². The minimum Gasteiger partial charge on any atom is -0.481 e. The van der Waals surface area contributed by atoms with Gasteiger partial charge in [-0.25, -0.2) is 13.8 Å². The van der Waals surface area contributed by atoms with E-state index in [1.165, 1.54) is 23.9 Å². The summed E-state index contributed by atoms with van der Waals surface area (Å²) in [7, 11) is 0. The molecule has 0 saturated carbocycles. The number of hydrogen-bond donors (Lipinski definition) is 1. The highest BCUT2D eigenvalue weighted by Gasteiger charge is 2.19. The molecule has 0 fully saturated rings. The zero-order valence-corrected chi connectivity index (χ0v) is 15.1. The molecule has 1 atom stereocenters. The van der Waals surface area contributed by atoms with Crippen molar-refractivity contribution < 1.29 is 18.7 Å². The first-order chi connectivity index (χ1) is 11.9. The lowest BCUT2D eigenvalue weighted by Crippen LogP contribution is -2.04. The minimum absolute atomic E-state index is 0.00104. The largest absolute Gasteiger partial charge is 0.481 e. The molecule has 2 rings (SSSR count). The van der Waals surface area contributed by atoms with Crippen LogP contribution in [0.5, 0.6) is 0 Å². The molecular weight excluding hydrogens is 344 g/mol. The predicted octanol–water partition coefficient (Wildman–Crippen LogP) is 5.50. The quantitative estimate of drug-likeness (QED) is 0.628. The zero-order chi connectivity index (χ0) is 18.4. The van der Waals surface area contributed by atoms with Crippen LogP contribution in [0.1, 0.15) is 44.6 Å². The second-order valence-corrected chi connectivity index (χ2v) is 7.08. The van der Waals surface area contributed by atoms with Gasteiger partial charge in [0.05, 0.1) is 0 Å². The average Bonchev–Trinajstić information content (AvgIpc) is 2.54. The van der Waals surface area contributed by atoms with Crippen LogP contribution >= 0.6 is 11.8 Å². The van der Waals surface area contributed by atoms with Gasteiger partial charge in [0.2, 0.25) is 0 Å². The lowest BCUT2D eigenvalue weighted by molar-refractivity contribution is -0.137. The van der Waals surface area contributed by atoms with Crippen LogP contribution in [0.4, 0.5) is 8.78 Å². The SMILES string of the molecule is CCSc1ncccc1-c1cc(F)c(C(C)CCCC(=O)O)c(F)c1. The van der Waals surface area contributed by atoms with Crippen LogP contribution in [-0.4, -0.2) is 21.8 Å². The maximum Gasteiger partial charge on any atom is 0.303 e. The van der Waals surface area contributed by atoms with Crippen molar-refractivity contribution in [3.05, 3.63) is 47.7 Å². The molecule has 1 unspecified atom stereocenters. The van der Waals surface area contributed by atoms with E-state index in [-0.39, 0.29) is 17.9 Å². The van der Waals surface area contributed by atoms with E-state index in [0.717, 1.165) is 10.8 Å². The van der Waals surface area contributed by atoms with E-state index in [1.807, 2.05) is 6.92 Å². The van der Waals surface area contributed by atoms with E-state index in [4.69, 9.17) is 5.11 Å². The summed E-state index contributed by atoms with van der Waals surface area (Å²) in [6, 6.07) is 6.22. The van der Waals surface area contributed by atoms with Gasteiger partial charge in [0.1, 0.15) is 16.7 Å². The highest BCUT2D eigenvalue weighted by molar-refractivity contribution is 7.99. The molecule has 0 aliphatic carbocycles. The number of carboxylic acids is 1. The van der Waals surface area contributed by atoms with E-state index in [9.17, 15) is 13.6 Å². The van der Waals surface area contributed by atoms with Crippen molar-refractivity contribution in [2.75, 3.05) is 5.75 Å². The van der Waals surface area contributed by atoms with E-state index in [2.05, 4.69) is 4.98 Å². The van der Waals surface area contributed by atoms with Gasteiger partial charge in [-0.15, -0.1) is 11.8 Å². The first-order valence-corrected chi connectivity index (χ1v) is 9.21. The fourth-order valence-corrected chi connectivity index (χ4v) is 3.53. The predicted molar refractivity (Wildman–Crippen MR) is 95.9 cm³/mol. The van der Waals surface area contributed by atoms with E-state index < -0.39 is 17.6 Å². The molecule has 6 heteroatoms. The number of carbonyl (C=O) groups is 1. The Labute approximate surface area is 150 Å². The van der Waals surface area contributed by atoms with Gasteiger partial charge >= 0.3 is 5.97 Å². The summed E-state index contributed by atoms with van der Waals surface area (Å²) in [6.45, 7) is 3.71. The average molecular weight is 365 g/mol. The Kier molecular flexibility index (Phi) is 6.93. The van der Waals surface area contributed by atoms with E-state index in [1.54, 1.807) is 25.3 Å². The minimum atomic E-state index is -0.902. The topological polar surface area (TPSA) is 50.2 Å². The van der Waals surface area contributed by atoms with Gasteiger partial charge in [0, 0.05) is 23.7 Å². The standard InChI is InChI=1S/C19H21F2NO2S/c1-3-25-19-14(7-5-9-22-19)13-10-15(20)18(16(21)11-13)12(2)6-4-8-17(23)24/h5,7,9-12H,3-4,6,8H2,1-2H3,(H,23,24). The molecule has 1 N–H and O–H groups in total. The number of nitrogens with zero attached hydrogens (tertiary/aromatic N) is 1. The molecule has 0 aliphatic rings. The number of hydrogen-bond acceptors (Lipinski definition) is 3. The van der Waals surface area contributed by atoms with Crippen LogP contribution in [0.25, 0.3) is 11.1 Å². The van der Waals surface area contributed by atoms with Crippen molar-refractivity contribution in [3.63, 3.8) is 0 Å². The molecule has 1 aromatic heterocycles. The Morgan fingerprint density at radius 3 is 2.60 bits per heavy atom. The summed E-state index contributed by atoms with van der Waals surface area (Å²) in [4.78, 5) is 14.9. The Bertz CT molecular complexity index is 729. The van der Waals surface area contributed by atoms with Crippen LogP contribution in [-0.2, 0) is 4.79 Å². The highest BCUT2D eigenvalue weighted by Crippen LogP contribution is 2.34. The molecular formula is C19H21F2NO2S. The Hall–Kier alpha value is -1.95. The third-order valence-electron chi connectivity index (χ3n) is 3.96. The smallest absolute Gasteiger partial charge is 0.303 e. The van der Waals surface area contributed by atoms with Crippen LogP contribution < -0.4 is 0 Å². The number of aromatic nitrogens is 1. The van der Waals surface area contributed by atoms with Crippen LogP contribution in [0.3, 0.4) is 0 Å². The fourth-order valence-electron chi connectivity index (χ4n) is 2.78. The number of aliphatic carboxylic acids is 1. The van der Waals surface area contributed by atoms with Gasteiger partial charge in [-0.1, -0.05) is 19.9 Å². The van der Waals surface area contributed by atoms with Gasteiger partial charge in [-0.05, 0) is 48.3 Å². The number of benzene rings is 1. The van der Waals surface area contributed by atoms with E-state index in [0.29, 0.717) is 24.0 Å². The molecule has 1 aromatic carbocycles. The van der Waals surface area contributed by atoms with Gasteiger partial charge in [-0.2, -0.15) is 0 Å². The lowest BCUT2D eigenvalue weighted by Gasteiger charge is -2.15. The molecule has 0 radical (unpaired) electrons. The van der Waals surface area contributed by atoms with Crippen molar-refractivity contribution in [1.29, 1.82) is 0 Å². The maximum atomic E-state index is 14.6. The summed E-state index contributed by atoms with van der Waals surface area (Å²) in [5.41, 5.74) is 1.18. The van der Waals surface area contributed by atoms with Crippen molar-refractivity contribution in [3.8, 4) is 11.1 Å². The molecule has 0 bridgehead atoms. The highest BCUT2D eigenvalue weighted by atomic mass is 32.2. The summed E-state index contributed by atoms with van der Waals surface area (Å²) in [5, 5.41) is 9.42. The normalized spacial score (nSPS) is 12.2. The van der Waals surface area contributed by atoms with Gasteiger partial charge < -0.3 is 5.11 Å². The molecule has 134 valence electrons. The van der Waals surface area contributed by atoms with Crippen molar-refractivity contribution in [2.24, 2.45) is 0 Å². The van der Waals surface area contributed by atoms with Crippen LogP contribution in [0, 0.1) is 11.6 Å². The van der Waals surface area contributed by atoms with E-state index >= 15 is 0 Å². The number of thioether (sulfide) groups is 1. The summed E-state index contributed by atoms with van der Waals surface area (Å²) < 4.78 is 29.1. The van der Waals surface area contributed by atoms with Crippen LogP contribution in [0.2, 0.25) is 0 Å². The monoisotopic (exact) mass is 365 g/mol. The van der Waals surface area contributed by atoms with Crippen molar-refractivity contribution >= 4 is 17.7 Å². The summed E-state index contributed by atoms with van der Waals surface area (Å²) in [6.07, 6.45) is 2.46. The van der Waals surface area contributed by atoms with Gasteiger partial charge in [0.25, 0.3) is 0 Å². The van der Waals surface area contributed by atoms with Crippen molar-refractivity contribution in [1.82, 2.24) is 4.98 Å². The fraction of sp³-hybridized carbons (Fsp3) is 0.368. The molecule has 0 aliphatic heterocycles. The molecule has 2 aromatic rings. The van der Waals surface area contributed by atoms with Gasteiger partial charge in [0.15, 0.2) is 0 Å². The third-order valence-corrected chi connectivity index (χ3v) is 4.85. The Morgan fingerprint density at radius 2 is 2.00 bits per heavy atom. The Balaban J connectivity index is 2.30. The second-order valence-electron chi connectivity index (χ2n) is 5.83. The maximum absolute atomic E-state index is 14.6. The first kappa shape index (κ1) is 19.4. The number of halogens is 2. The molecule has 0 spiro atoms. The summed E-state index contributed by atoms with van der Waals surface area (Å²) >= 11 is 1.52. The molecule has 3 nitrogen and oxygen atoms in total. The summed E-state index contributed by atoms with van der Waals surface area (Å²) in [5.74, 6) is -1.68. The lowest BCUT2D eigenvalue weighted by atomic mass is 9.92. The molecule has 0 amide bonds. The van der Waals surface area contributed by atoms with Gasteiger partial charge in [-0.3, -0.25) is 4.79 Å². The molecule has 0 saturated heterocycles. The number of carboxylic acid groups (broad SMARTS) is 1. The number of rotatable bonds is 8. The molecule has 1 heterocycles. The number of pyridine rings is 1. The van der Waals surface area contributed by atoms with Crippen molar-refractivity contribution in [2.45, 2.75) is 44.1 Å². The second kappa shape index (κ2) is 8.94. The Morgan fingerprint density at radius 1 is 1.32 bits per heavy atom. The zero-order valence-electron chi connectivity index (χ0n) is 14.3. The first-order valence-electron chi connectivity index (χ1n) is 8.23. The molecule has 25 heavy (non-hydrogen) atoms.